The fourth-order valence-electron chi connectivity index (χ4n) is 5.47. The number of carboxylic acid groups (broad SMARTS) is 1. The van der Waals surface area contributed by atoms with Gasteiger partial charge in [-0.25, -0.2) is 0 Å². The third-order valence-corrected chi connectivity index (χ3v) is 8.24. The molecule has 1 saturated carbocycles. The number of aryl methyl sites for hydroxylation is 1. The lowest BCUT2D eigenvalue weighted by Gasteiger charge is -2.34. The summed E-state index contributed by atoms with van der Waals surface area (Å²) in [6.07, 6.45) is 5.44. The first-order valence-electron chi connectivity index (χ1n) is 13.5. The van der Waals surface area contributed by atoms with E-state index in [4.69, 9.17) is 27.9 Å². The molecule has 1 fully saturated rings. The van der Waals surface area contributed by atoms with Gasteiger partial charge in [-0.2, -0.15) is 0 Å². The molecule has 1 unspecified atom stereocenters. The van der Waals surface area contributed by atoms with Crippen molar-refractivity contribution in [2.45, 2.75) is 64.6 Å². The number of aliphatic carboxylic acids is 1. The van der Waals surface area contributed by atoms with Crippen molar-refractivity contribution in [2.75, 3.05) is 13.2 Å². The number of benzene rings is 2. The van der Waals surface area contributed by atoms with Crippen molar-refractivity contribution in [2.24, 2.45) is 5.92 Å². The lowest BCUT2D eigenvalue weighted by atomic mass is 9.97. The summed E-state index contributed by atoms with van der Waals surface area (Å²) in [6, 6.07) is 14.0. The van der Waals surface area contributed by atoms with E-state index < -0.39 is 5.97 Å². The Balaban J connectivity index is 1.55. The molecule has 3 aromatic rings. The number of rotatable bonds is 13. The molecule has 4 rings (SSSR count). The van der Waals surface area contributed by atoms with E-state index in [0.29, 0.717) is 29.1 Å². The summed E-state index contributed by atoms with van der Waals surface area (Å²) in [5, 5.41) is 30.4. The van der Waals surface area contributed by atoms with E-state index in [9.17, 15) is 20.1 Å². The summed E-state index contributed by atoms with van der Waals surface area (Å²) in [5.74, 6) is 0.394. The third-order valence-electron chi connectivity index (χ3n) is 7.50. The van der Waals surface area contributed by atoms with Gasteiger partial charge in [-0.15, -0.1) is 0 Å². The fraction of sp³-hybridized carbons (Fsp3) is 0.433. The van der Waals surface area contributed by atoms with Crippen LogP contribution in [0.3, 0.4) is 0 Å². The van der Waals surface area contributed by atoms with Gasteiger partial charge in [0.1, 0.15) is 12.4 Å². The maximum Gasteiger partial charge on any atom is 0.305 e. The Labute approximate surface area is 239 Å². The minimum atomic E-state index is -0.861. The van der Waals surface area contributed by atoms with Gasteiger partial charge in [-0.1, -0.05) is 61.2 Å². The number of aromatic hydroxyl groups is 2. The second kappa shape index (κ2) is 13.5. The van der Waals surface area contributed by atoms with Gasteiger partial charge in [0.15, 0.2) is 11.8 Å². The molecule has 1 aliphatic rings. The second-order valence-electron chi connectivity index (χ2n) is 10.2. The molecule has 0 saturated heterocycles. The van der Waals surface area contributed by atoms with E-state index >= 15 is 0 Å². The van der Waals surface area contributed by atoms with E-state index in [-0.39, 0.29) is 30.8 Å². The lowest BCUT2D eigenvalue weighted by molar-refractivity contribution is -0.138. The molecule has 9 heteroatoms. The Bertz CT molecular complexity index is 1250. The van der Waals surface area contributed by atoms with E-state index in [0.717, 1.165) is 48.2 Å². The first-order chi connectivity index (χ1) is 18.7. The fourth-order valence-corrected chi connectivity index (χ4v) is 5.78. The maximum atomic E-state index is 12.0. The van der Waals surface area contributed by atoms with Crippen LogP contribution >= 0.6 is 23.2 Å². The molecule has 0 amide bonds. The highest BCUT2D eigenvalue weighted by Crippen LogP contribution is 2.35. The van der Waals surface area contributed by atoms with Crippen LogP contribution in [-0.2, 0) is 24.3 Å². The maximum absolute atomic E-state index is 12.0. The van der Waals surface area contributed by atoms with Crippen LogP contribution in [0.1, 0.15) is 61.8 Å². The predicted molar refractivity (Wildman–Crippen MR) is 153 cm³/mol. The van der Waals surface area contributed by atoms with Gasteiger partial charge in [-0.05, 0) is 60.1 Å². The highest BCUT2D eigenvalue weighted by molar-refractivity contribution is 6.42. The summed E-state index contributed by atoms with van der Waals surface area (Å²) in [5.41, 5.74) is 2.96. The topological polar surface area (TPSA) is 95.2 Å². The zero-order chi connectivity index (χ0) is 27.9. The van der Waals surface area contributed by atoms with Crippen molar-refractivity contribution in [3.8, 4) is 17.5 Å². The van der Waals surface area contributed by atoms with Gasteiger partial charge in [0.2, 0.25) is 0 Å². The zero-order valence-corrected chi connectivity index (χ0v) is 23.7. The smallest absolute Gasteiger partial charge is 0.305 e. The molecule has 39 heavy (non-hydrogen) atoms. The monoisotopic (exact) mass is 574 g/mol. The molecule has 0 aliphatic heterocycles. The summed E-state index contributed by atoms with van der Waals surface area (Å²) in [6.45, 7) is 4.06. The summed E-state index contributed by atoms with van der Waals surface area (Å²) < 4.78 is 7.39. The van der Waals surface area contributed by atoms with Crippen LogP contribution in [0, 0.1) is 5.92 Å². The van der Waals surface area contributed by atoms with Crippen LogP contribution in [0.15, 0.2) is 48.5 Å². The van der Waals surface area contributed by atoms with Gasteiger partial charge >= 0.3 is 5.97 Å². The van der Waals surface area contributed by atoms with E-state index in [1.807, 2.05) is 18.2 Å². The number of halogens is 2. The molecule has 1 aliphatic carbocycles. The van der Waals surface area contributed by atoms with E-state index in [1.165, 1.54) is 29.5 Å². The predicted octanol–water partition coefficient (Wildman–Crippen LogP) is 7.06. The zero-order valence-electron chi connectivity index (χ0n) is 22.2. The average Bonchev–Trinajstić information content (AvgIpc) is 3.54. The van der Waals surface area contributed by atoms with Crippen molar-refractivity contribution in [1.82, 2.24) is 9.47 Å². The summed E-state index contributed by atoms with van der Waals surface area (Å²) >= 11 is 12.5. The number of hydrogen-bond acceptors (Lipinski definition) is 5. The molecular weight excluding hydrogens is 539 g/mol. The van der Waals surface area contributed by atoms with Crippen LogP contribution in [0.2, 0.25) is 10.0 Å². The molecule has 0 spiro atoms. The number of hydrogen-bond donors (Lipinski definition) is 3. The van der Waals surface area contributed by atoms with Crippen LogP contribution in [0.25, 0.3) is 0 Å². The van der Waals surface area contributed by atoms with Crippen molar-refractivity contribution < 1.29 is 24.9 Å². The highest BCUT2D eigenvalue weighted by atomic mass is 35.5. The van der Waals surface area contributed by atoms with Crippen LogP contribution in [0.5, 0.6) is 17.5 Å². The van der Waals surface area contributed by atoms with Crippen molar-refractivity contribution in [1.29, 1.82) is 0 Å². The summed E-state index contributed by atoms with van der Waals surface area (Å²) in [7, 11) is 0. The van der Waals surface area contributed by atoms with Crippen LogP contribution < -0.4 is 4.74 Å². The van der Waals surface area contributed by atoms with E-state index in [2.05, 4.69) is 17.9 Å². The van der Waals surface area contributed by atoms with Crippen molar-refractivity contribution >= 4 is 29.2 Å². The molecule has 1 aromatic heterocycles. The molecule has 0 radical (unpaired) electrons. The Morgan fingerprint density at radius 1 is 1.05 bits per heavy atom. The highest BCUT2D eigenvalue weighted by Gasteiger charge is 2.28. The number of ether oxygens (including phenoxy) is 1. The SMILES string of the molecule is CCc1cc(CN(CC2CCCC2)C(CC(=O)O)c2ccc(Cl)c(Cl)c2)ccc1OCCn1c(O)ccc1O. The molecule has 0 bridgehead atoms. The van der Waals surface area contributed by atoms with E-state index in [1.54, 1.807) is 12.1 Å². The number of nitrogens with zero attached hydrogens (tertiary/aromatic N) is 2. The average molecular weight is 576 g/mol. The van der Waals surface area contributed by atoms with Crippen molar-refractivity contribution in [3.05, 3.63) is 75.3 Å². The molecule has 210 valence electrons. The van der Waals surface area contributed by atoms with Gasteiger partial charge in [-0.3, -0.25) is 14.3 Å². The molecule has 1 heterocycles. The third kappa shape index (κ3) is 7.62. The molecule has 2 aromatic carbocycles. The second-order valence-corrected chi connectivity index (χ2v) is 11.0. The Morgan fingerprint density at radius 3 is 2.41 bits per heavy atom. The Morgan fingerprint density at radius 2 is 1.77 bits per heavy atom. The van der Waals surface area contributed by atoms with Gasteiger partial charge in [0, 0.05) is 31.3 Å². The quantitative estimate of drug-likeness (QED) is 0.202. The normalized spacial score (nSPS) is 14.7. The first kappa shape index (κ1) is 29.1. The summed E-state index contributed by atoms with van der Waals surface area (Å²) in [4.78, 5) is 14.2. The Hall–Kier alpha value is -2.87. The standard InChI is InChI=1S/C30H36Cl2N2O5/c1-2-22-15-21(7-10-27(22)39-14-13-34-28(35)11-12-29(34)36)19-33(18-20-5-3-4-6-20)26(17-30(37)38)23-8-9-24(31)25(32)16-23/h7-12,15-16,20,26,35-36H,2-6,13-14,17-19H2,1H3,(H,37,38). The Kier molecular flexibility index (Phi) is 10.1. The number of carboxylic acids is 1. The van der Waals surface area contributed by atoms with Crippen LogP contribution in [0.4, 0.5) is 0 Å². The first-order valence-corrected chi connectivity index (χ1v) is 14.2. The minimum Gasteiger partial charge on any atom is -0.494 e. The molecular formula is C30H36Cl2N2O5. The van der Waals surface area contributed by atoms with Crippen LogP contribution in [-0.4, -0.2) is 43.9 Å². The molecule has 7 nitrogen and oxygen atoms in total. The van der Waals surface area contributed by atoms with Crippen molar-refractivity contribution in [3.63, 3.8) is 0 Å². The lowest BCUT2D eigenvalue weighted by Crippen LogP contribution is -2.34. The van der Waals surface area contributed by atoms with Gasteiger partial charge in [0.05, 0.1) is 23.0 Å². The number of aromatic nitrogens is 1. The largest absolute Gasteiger partial charge is 0.494 e. The number of carbonyl (C=O) groups is 1. The van der Waals surface area contributed by atoms with Gasteiger partial charge < -0.3 is 20.1 Å². The minimum absolute atomic E-state index is 0.0117. The van der Waals surface area contributed by atoms with Gasteiger partial charge in [0.25, 0.3) is 0 Å². The molecule has 1 atom stereocenters. The molecule has 3 N–H and O–H groups in total.